The second-order valence-electron chi connectivity index (χ2n) is 4.71. The van der Waals surface area contributed by atoms with Crippen LogP contribution in [0.3, 0.4) is 0 Å². The minimum atomic E-state index is -0.262. The summed E-state index contributed by atoms with van der Waals surface area (Å²) in [6.45, 7) is 5.20. The van der Waals surface area contributed by atoms with Crippen LogP contribution in [0.15, 0.2) is 42.5 Å². The van der Waals surface area contributed by atoms with Crippen molar-refractivity contribution in [3.63, 3.8) is 0 Å². The average molecular weight is 267 g/mol. The first-order valence-corrected chi connectivity index (χ1v) is 6.94. The average Bonchev–Trinajstić information content (AvgIpc) is 2.80. The molecule has 0 N–H and O–H groups in total. The highest BCUT2D eigenvalue weighted by molar-refractivity contribution is 6.09. The first kappa shape index (κ1) is 12.7. The lowest BCUT2D eigenvalue weighted by Gasteiger charge is -2.05. The molecule has 2 aromatic carbocycles. The number of rotatable bonds is 3. The highest BCUT2D eigenvalue weighted by Gasteiger charge is 2.12. The summed E-state index contributed by atoms with van der Waals surface area (Å²) in [6.07, 6.45) is 0. The molecule has 1 aromatic heterocycles. The topological polar surface area (TPSA) is 31.2 Å². The van der Waals surface area contributed by atoms with Crippen LogP contribution in [-0.2, 0) is 11.3 Å². The molecule has 0 amide bonds. The van der Waals surface area contributed by atoms with E-state index in [-0.39, 0.29) is 5.97 Å². The molecule has 0 atom stereocenters. The van der Waals surface area contributed by atoms with E-state index in [1.807, 2.05) is 37.3 Å². The number of benzene rings is 2. The number of carbonyl (C=O) groups is 1. The molecule has 0 aliphatic heterocycles. The van der Waals surface area contributed by atoms with Crippen molar-refractivity contribution in [2.45, 2.75) is 20.4 Å². The molecular formula is C17H17NO2. The van der Waals surface area contributed by atoms with Crippen molar-refractivity contribution in [3.8, 4) is 0 Å². The number of aromatic nitrogens is 1. The van der Waals surface area contributed by atoms with Gasteiger partial charge in [0.1, 0.15) is 0 Å². The lowest BCUT2D eigenvalue weighted by Crippen LogP contribution is -2.04. The van der Waals surface area contributed by atoms with Gasteiger partial charge in [-0.3, -0.25) is 0 Å². The van der Waals surface area contributed by atoms with Crippen LogP contribution in [0.5, 0.6) is 0 Å². The Balaban J connectivity index is 2.28. The molecule has 0 radical (unpaired) electrons. The summed E-state index contributed by atoms with van der Waals surface area (Å²) in [7, 11) is 0. The molecule has 1 heterocycles. The van der Waals surface area contributed by atoms with E-state index in [2.05, 4.69) is 23.6 Å². The lowest BCUT2D eigenvalue weighted by atomic mass is 10.1. The first-order chi connectivity index (χ1) is 9.76. The monoisotopic (exact) mass is 267 g/mol. The Morgan fingerprint density at radius 1 is 1.05 bits per heavy atom. The van der Waals surface area contributed by atoms with Crippen LogP contribution < -0.4 is 0 Å². The number of para-hydroxylation sites is 1. The van der Waals surface area contributed by atoms with Crippen molar-refractivity contribution in [3.05, 3.63) is 48.0 Å². The van der Waals surface area contributed by atoms with E-state index in [9.17, 15) is 4.79 Å². The molecule has 20 heavy (non-hydrogen) atoms. The lowest BCUT2D eigenvalue weighted by molar-refractivity contribution is 0.0526. The zero-order valence-electron chi connectivity index (χ0n) is 11.7. The van der Waals surface area contributed by atoms with Crippen LogP contribution in [-0.4, -0.2) is 17.1 Å². The standard InChI is InChI=1S/C17H17NO2/c1-3-18-15-8-6-5-7-13(15)14-10-9-12(11-16(14)18)17(19)20-4-2/h5-11H,3-4H2,1-2H3. The Hall–Kier alpha value is -2.29. The van der Waals surface area contributed by atoms with Gasteiger partial charge in [0.15, 0.2) is 0 Å². The predicted octanol–water partition coefficient (Wildman–Crippen LogP) is 3.99. The molecule has 3 heteroatoms. The Labute approximate surface area is 117 Å². The summed E-state index contributed by atoms with van der Waals surface area (Å²) in [5.41, 5.74) is 2.89. The number of fused-ring (bicyclic) bond motifs is 3. The van der Waals surface area contributed by atoms with E-state index < -0.39 is 0 Å². The molecule has 3 rings (SSSR count). The van der Waals surface area contributed by atoms with E-state index in [1.165, 1.54) is 16.3 Å². The van der Waals surface area contributed by atoms with E-state index in [1.54, 1.807) is 0 Å². The molecule has 0 spiro atoms. The van der Waals surface area contributed by atoms with Gasteiger partial charge in [0.2, 0.25) is 0 Å². The molecule has 0 saturated carbocycles. The quantitative estimate of drug-likeness (QED) is 0.672. The molecule has 0 fully saturated rings. The fourth-order valence-electron chi connectivity index (χ4n) is 2.73. The second kappa shape index (κ2) is 5.00. The van der Waals surface area contributed by atoms with Gasteiger partial charge in [-0.15, -0.1) is 0 Å². The fourth-order valence-corrected chi connectivity index (χ4v) is 2.73. The maximum atomic E-state index is 11.9. The minimum absolute atomic E-state index is 0.262. The van der Waals surface area contributed by atoms with Gasteiger partial charge in [0.05, 0.1) is 12.2 Å². The van der Waals surface area contributed by atoms with Gasteiger partial charge in [0, 0.05) is 28.4 Å². The van der Waals surface area contributed by atoms with Gasteiger partial charge < -0.3 is 9.30 Å². The zero-order chi connectivity index (χ0) is 14.1. The summed E-state index contributed by atoms with van der Waals surface area (Å²) >= 11 is 0. The molecule has 0 bridgehead atoms. The number of nitrogens with zero attached hydrogens (tertiary/aromatic N) is 1. The van der Waals surface area contributed by atoms with Crippen molar-refractivity contribution in [2.75, 3.05) is 6.61 Å². The molecular weight excluding hydrogens is 250 g/mol. The molecule has 0 aliphatic rings. The number of hydrogen-bond acceptors (Lipinski definition) is 2. The van der Waals surface area contributed by atoms with Gasteiger partial charge >= 0.3 is 5.97 Å². The third-order valence-corrected chi connectivity index (χ3v) is 3.60. The summed E-state index contributed by atoms with van der Waals surface area (Å²) in [5.74, 6) is -0.262. The summed E-state index contributed by atoms with van der Waals surface area (Å²) in [5, 5.41) is 2.40. The number of carbonyl (C=O) groups excluding carboxylic acids is 1. The molecule has 0 aliphatic carbocycles. The van der Waals surface area contributed by atoms with Crippen molar-refractivity contribution >= 4 is 27.8 Å². The molecule has 0 saturated heterocycles. The molecule has 102 valence electrons. The van der Waals surface area contributed by atoms with Crippen molar-refractivity contribution in [1.82, 2.24) is 4.57 Å². The number of ether oxygens (including phenoxy) is 1. The normalized spacial score (nSPS) is 11.1. The van der Waals surface area contributed by atoms with E-state index in [0.717, 1.165) is 12.1 Å². The third kappa shape index (κ3) is 1.86. The largest absolute Gasteiger partial charge is 0.462 e. The van der Waals surface area contributed by atoms with Gasteiger partial charge in [0.25, 0.3) is 0 Å². The number of esters is 1. The van der Waals surface area contributed by atoms with Crippen LogP contribution in [0.25, 0.3) is 21.8 Å². The summed E-state index contributed by atoms with van der Waals surface area (Å²) < 4.78 is 7.31. The van der Waals surface area contributed by atoms with Crippen LogP contribution in [0.1, 0.15) is 24.2 Å². The zero-order valence-corrected chi connectivity index (χ0v) is 11.7. The maximum Gasteiger partial charge on any atom is 0.338 e. The predicted molar refractivity (Wildman–Crippen MR) is 81.1 cm³/mol. The van der Waals surface area contributed by atoms with Crippen LogP contribution in [0.2, 0.25) is 0 Å². The van der Waals surface area contributed by atoms with E-state index in [4.69, 9.17) is 4.74 Å². The fraction of sp³-hybridized carbons (Fsp3) is 0.235. The highest BCUT2D eigenvalue weighted by Crippen LogP contribution is 2.29. The summed E-state index contributed by atoms with van der Waals surface area (Å²) in [6, 6.07) is 14.1. The summed E-state index contributed by atoms with van der Waals surface area (Å²) in [4.78, 5) is 11.9. The van der Waals surface area contributed by atoms with Crippen molar-refractivity contribution in [1.29, 1.82) is 0 Å². The van der Waals surface area contributed by atoms with Crippen LogP contribution >= 0.6 is 0 Å². The smallest absolute Gasteiger partial charge is 0.338 e. The number of hydrogen-bond donors (Lipinski definition) is 0. The van der Waals surface area contributed by atoms with Gasteiger partial charge in [-0.1, -0.05) is 24.3 Å². The Morgan fingerprint density at radius 3 is 2.55 bits per heavy atom. The van der Waals surface area contributed by atoms with Gasteiger partial charge in [-0.05, 0) is 32.0 Å². The van der Waals surface area contributed by atoms with Gasteiger partial charge in [-0.2, -0.15) is 0 Å². The second-order valence-corrected chi connectivity index (χ2v) is 4.71. The van der Waals surface area contributed by atoms with Crippen LogP contribution in [0, 0.1) is 0 Å². The van der Waals surface area contributed by atoms with Gasteiger partial charge in [-0.25, -0.2) is 4.79 Å². The molecule has 3 aromatic rings. The number of aryl methyl sites for hydroxylation is 1. The van der Waals surface area contributed by atoms with Crippen molar-refractivity contribution < 1.29 is 9.53 Å². The highest BCUT2D eigenvalue weighted by atomic mass is 16.5. The molecule has 3 nitrogen and oxygen atoms in total. The Kier molecular flexibility index (Phi) is 3.18. The maximum absolute atomic E-state index is 11.9. The van der Waals surface area contributed by atoms with E-state index >= 15 is 0 Å². The van der Waals surface area contributed by atoms with E-state index in [0.29, 0.717) is 12.2 Å². The van der Waals surface area contributed by atoms with Crippen molar-refractivity contribution in [2.24, 2.45) is 0 Å². The Morgan fingerprint density at radius 2 is 1.80 bits per heavy atom. The first-order valence-electron chi connectivity index (χ1n) is 6.94. The molecule has 0 unspecified atom stereocenters. The van der Waals surface area contributed by atoms with Crippen LogP contribution in [0.4, 0.5) is 0 Å². The minimum Gasteiger partial charge on any atom is -0.462 e. The SMILES string of the molecule is CCOC(=O)c1ccc2c3ccccc3n(CC)c2c1. The Bertz CT molecular complexity index is 786. The third-order valence-electron chi connectivity index (χ3n) is 3.60.